The Kier molecular flexibility index (Phi) is 5.46. The van der Waals surface area contributed by atoms with Crippen LogP contribution < -0.4 is 5.32 Å². The Labute approximate surface area is 175 Å². The number of thioether (sulfide) groups is 1. The van der Waals surface area contributed by atoms with Gasteiger partial charge in [-0.25, -0.2) is 9.78 Å². The minimum Gasteiger partial charge on any atom is -0.444 e. The van der Waals surface area contributed by atoms with Crippen LogP contribution >= 0.6 is 11.8 Å². The fraction of sp³-hybridized carbons (Fsp3) is 0.571. The quantitative estimate of drug-likeness (QED) is 0.832. The summed E-state index contributed by atoms with van der Waals surface area (Å²) in [6.07, 6.45) is 4.06. The molecule has 2 aromatic heterocycles. The minimum atomic E-state index is -0.473. The lowest BCUT2D eigenvalue weighted by atomic mass is 9.97. The van der Waals surface area contributed by atoms with Gasteiger partial charge in [0, 0.05) is 37.9 Å². The molecule has 2 aliphatic heterocycles. The monoisotopic (exact) mass is 416 g/mol. The maximum Gasteiger partial charge on any atom is 0.410 e. The molecule has 0 spiro atoms. The second-order valence-electron chi connectivity index (χ2n) is 8.77. The van der Waals surface area contributed by atoms with E-state index in [4.69, 9.17) is 4.74 Å². The summed E-state index contributed by atoms with van der Waals surface area (Å²) in [6, 6.07) is 6.00. The van der Waals surface area contributed by atoms with Crippen molar-refractivity contribution < 1.29 is 14.3 Å². The second kappa shape index (κ2) is 7.89. The predicted molar refractivity (Wildman–Crippen MR) is 112 cm³/mol. The third-order valence-electron chi connectivity index (χ3n) is 5.35. The van der Waals surface area contributed by atoms with Crippen molar-refractivity contribution in [2.45, 2.75) is 55.9 Å². The van der Waals surface area contributed by atoms with Gasteiger partial charge in [0.05, 0.1) is 10.3 Å². The first-order chi connectivity index (χ1) is 13.8. The molecule has 156 valence electrons. The van der Waals surface area contributed by atoms with E-state index in [1.165, 1.54) is 0 Å². The number of nitrogens with zero attached hydrogens (tertiary/aromatic N) is 3. The van der Waals surface area contributed by atoms with Gasteiger partial charge in [0.1, 0.15) is 11.2 Å². The van der Waals surface area contributed by atoms with Gasteiger partial charge in [-0.3, -0.25) is 9.20 Å². The normalized spacial score (nSPS) is 20.0. The van der Waals surface area contributed by atoms with Crippen LogP contribution in [0.5, 0.6) is 0 Å². The van der Waals surface area contributed by atoms with Crippen LogP contribution in [-0.4, -0.2) is 56.8 Å². The third-order valence-corrected chi connectivity index (χ3v) is 6.57. The summed E-state index contributed by atoms with van der Waals surface area (Å²) in [5.74, 6) is 0.467. The highest BCUT2D eigenvalue weighted by Gasteiger charge is 2.30. The van der Waals surface area contributed by atoms with E-state index < -0.39 is 5.60 Å². The fourth-order valence-corrected chi connectivity index (χ4v) is 5.04. The molecule has 1 saturated heterocycles. The summed E-state index contributed by atoms with van der Waals surface area (Å²) in [5.41, 5.74) is 1.54. The summed E-state index contributed by atoms with van der Waals surface area (Å²) in [7, 11) is 0. The molecule has 4 heterocycles. The zero-order chi connectivity index (χ0) is 20.6. The van der Waals surface area contributed by atoms with Gasteiger partial charge in [0.25, 0.3) is 0 Å². The lowest BCUT2D eigenvalue weighted by molar-refractivity contribution is -0.120. The van der Waals surface area contributed by atoms with Crippen molar-refractivity contribution in [1.82, 2.24) is 19.6 Å². The number of carbonyl (C=O) groups excluding carboxylic acids is 2. The largest absolute Gasteiger partial charge is 0.444 e. The van der Waals surface area contributed by atoms with E-state index in [1.807, 2.05) is 45.2 Å². The van der Waals surface area contributed by atoms with E-state index in [0.29, 0.717) is 32.0 Å². The molecule has 0 bridgehead atoms. The SMILES string of the molecule is CC(C)(C)OC(=O)N1CCC(CNC(=O)C2Cc3cnc4cccc(n34)S2)CC1. The standard InChI is InChI=1S/C21H28N4O3S/c1-21(2,3)28-20(27)24-9-7-14(8-10-24)12-23-19(26)16-11-15-13-22-17-5-4-6-18(29-16)25(15)17/h4-6,13-14,16H,7-12H2,1-3H3,(H,23,26). The van der Waals surface area contributed by atoms with E-state index >= 15 is 0 Å². The Morgan fingerprint density at radius 3 is 2.76 bits per heavy atom. The number of carbonyl (C=O) groups is 2. The molecule has 0 aromatic carbocycles. The number of rotatable bonds is 3. The Balaban J connectivity index is 1.25. The third kappa shape index (κ3) is 4.52. The number of ether oxygens (including phenoxy) is 1. The maximum absolute atomic E-state index is 12.8. The Bertz CT molecular complexity index is 912. The molecule has 0 saturated carbocycles. The van der Waals surface area contributed by atoms with Gasteiger partial charge in [-0.15, -0.1) is 0 Å². The first-order valence-electron chi connectivity index (χ1n) is 10.2. The second-order valence-corrected chi connectivity index (χ2v) is 10.00. The summed E-state index contributed by atoms with van der Waals surface area (Å²) >= 11 is 1.60. The molecule has 0 radical (unpaired) electrons. The zero-order valence-corrected chi connectivity index (χ0v) is 18.0. The van der Waals surface area contributed by atoms with Gasteiger partial charge in [0.15, 0.2) is 0 Å². The van der Waals surface area contributed by atoms with Crippen molar-refractivity contribution in [3.63, 3.8) is 0 Å². The van der Waals surface area contributed by atoms with Crippen LogP contribution in [0.4, 0.5) is 4.79 Å². The molecule has 2 aromatic rings. The molecule has 7 nitrogen and oxygen atoms in total. The van der Waals surface area contributed by atoms with E-state index in [2.05, 4.69) is 14.7 Å². The molecule has 0 aliphatic carbocycles. The van der Waals surface area contributed by atoms with Crippen molar-refractivity contribution in [1.29, 1.82) is 0 Å². The van der Waals surface area contributed by atoms with E-state index in [0.717, 1.165) is 29.2 Å². The van der Waals surface area contributed by atoms with Gasteiger partial charge >= 0.3 is 6.09 Å². The van der Waals surface area contributed by atoms with Crippen LogP contribution in [0.25, 0.3) is 5.65 Å². The molecular weight excluding hydrogens is 388 g/mol. The van der Waals surface area contributed by atoms with Crippen molar-refractivity contribution >= 4 is 29.4 Å². The highest BCUT2D eigenvalue weighted by atomic mass is 32.2. The molecule has 1 unspecified atom stereocenters. The summed E-state index contributed by atoms with van der Waals surface area (Å²) in [6.45, 7) is 7.64. The highest BCUT2D eigenvalue weighted by Crippen LogP contribution is 2.32. The maximum atomic E-state index is 12.8. The van der Waals surface area contributed by atoms with Gasteiger partial charge in [-0.2, -0.15) is 0 Å². The molecule has 2 aliphatic rings. The number of likely N-dealkylation sites (tertiary alicyclic amines) is 1. The van der Waals surface area contributed by atoms with Crippen LogP contribution in [0.1, 0.15) is 39.3 Å². The van der Waals surface area contributed by atoms with Crippen LogP contribution in [0.3, 0.4) is 0 Å². The summed E-state index contributed by atoms with van der Waals surface area (Å²) in [5, 5.41) is 4.06. The Hall–Kier alpha value is -2.22. The average molecular weight is 417 g/mol. The fourth-order valence-electron chi connectivity index (χ4n) is 3.83. The van der Waals surface area contributed by atoms with Crippen LogP contribution in [0.2, 0.25) is 0 Å². The molecule has 1 N–H and O–H groups in total. The molecule has 8 heteroatoms. The van der Waals surface area contributed by atoms with Crippen molar-refractivity contribution in [3.8, 4) is 0 Å². The van der Waals surface area contributed by atoms with E-state index in [-0.39, 0.29) is 17.3 Å². The van der Waals surface area contributed by atoms with Gasteiger partial charge in [-0.1, -0.05) is 17.8 Å². The van der Waals surface area contributed by atoms with Crippen molar-refractivity contribution in [2.24, 2.45) is 5.92 Å². The smallest absolute Gasteiger partial charge is 0.410 e. The lowest BCUT2D eigenvalue weighted by Crippen LogP contribution is -2.44. The van der Waals surface area contributed by atoms with Gasteiger partial charge in [0.2, 0.25) is 5.91 Å². The molecular formula is C21H28N4O3S. The zero-order valence-electron chi connectivity index (χ0n) is 17.2. The number of hydrogen-bond donors (Lipinski definition) is 1. The van der Waals surface area contributed by atoms with Crippen molar-refractivity contribution in [3.05, 3.63) is 30.1 Å². The first-order valence-corrected chi connectivity index (χ1v) is 11.1. The predicted octanol–water partition coefficient (Wildman–Crippen LogP) is 3.11. The van der Waals surface area contributed by atoms with Crippen LogP contribution in [0.15, 0.2) is 29.4 Å². The van der Waals surface area contributed by atoms with Crippen LogP contribution in [0, 0.1) is 5.92 Å². The van der Waals surface area contributed by atoms with Crippen molar-refractivity contribution in [2.75, 3.05) is 19.6 Å². The summed E-state index contributed by atoms with van der Waals surface area (Å²) < 4.78 is 7.57. The number of hydrogen-bond acceptors (Lipinski definition) is 5. The molecule has 2 amide bonds. The van der Waals surface area contributed by atoms with Gasteiger partial charge < -0.3 is 15.0 Å². The van der Waals surface area contributed by atoms with Crippen LogP contribution in [-0.2, 0) is 16.0 Å². The Morgan fingerprint density at radius 2 is 2.03 bits per heavy atom. The number of aromatic nitrogens is 2. The molecule has 4 rings (SSSR count). The van der Waals surface area contributed by atoms with Gasteiger partial charge in [-0.05, 0) is 51.7 Å². The topological polar surface area (TPSA) is 75.9 Å². The Morgan fingerprint density at radius 1 is 1.28 bits per heavy atom. The van der Waals surface area contributed by atoms with E-state index in [9.17, 15) is 9.59 Å². The number of amides is 2. The molecule has 29 heavy (non-hydrogen) atoms. The average Bonchev–Trinajstić information content (AvgIpc) is 3.10. The number of nitrogens with one attached hydrogen (secondary N) is 1. The summed E-state index contributed by atoms with van der Waals surface area (Å²) in [4.78, 5) is 31.1. The highest BCUT2D eigenvalue weighted by molar-refractivity contribution is 8.00. The lowest BCUT2D eigenvalue weighted by Gasteiger charge is -2.33. The number of piperidine rings is 1. The molecule has 1 fully saturated rings. The number of imidazole rings is 1. The minimum absolute atomic E-state index is 0.0778. The number of pyridine rings is 1. The first kappa shape index (κ1) is 20.1. The molecule has 1 atom stereocenters. The van der Waals surface area contributed by atoms with E-state index in [1.54, 1.807) is 16.7 Å².